The number of hydrogen-bond donors (Lipinski definition) is 2. The smallest absolute Gasteiger partial charge is 0.317 e. The summed E-state index contributed by atoms with van der Waals surface area (Å²) in [5.74, 6) is -1.03. The number of carbonyl (C=O) groups is 2. The summed E-state index contributed by atoms with van der Waals surface area (Å²) >= 11 is 0. The van der Waals surface area contributed by atoms with Crippen LogP contribution in [0.25, 0.3) is 0 Å². The van der Waals surface area contributed by atoms with Gasteiger partial charge < -0.3 is 10.4 Å². The molecule has 0 heterocycles. The first-order chi connectivity index (χ1) is 10.5. The average molecular weight is 306 g/mol. The van der Waals surface area contributed by atoms with Crippen molar-refractivity contribution in [3.63, 3.8) is 0 Å². The molecule has 0 aliphatic heterocycles. The minimum Gasteiger partial charge on any atom is -0.480 e. The van der Waals surface area contributed by atoms with E-state index in [9.17, 15) is 9.59 Å². The molecule has 1 unspecified atom stereocenters. The Morgan fingerprint density at radius 1 is 1.32 bits per heavy atom. The molecule has 0 saturated heterocycles. The van der Waals surface area contributed by atoms with Crippen LogP contribution in [0, 0.1) is 6.92 Å². The number of nitrogens with one attached hydrogen (secondary N) is 1. The molecule has 0 fully saturated rings. The van der Waals surface area contributed by atoms with Gasteiger partial charge in [0.15, 0.2) is 0 Å². The van der Waals surface area contributed by atoms with Crippen molar-refractivity contribution in [1.82, 2.24) is 10.2 Å². The fraction of sp³-hybridized carbons (Fsp3) is 0.529. The van der Waals surface area contributed by atoms with Crippen molar-refractivity contribution in [3.05, 3.63) is 35.4 Å². The standard InChI is InChI=1S/C17H26N2O3/c1-4-11-19(12-16(20)21)14(3)17(22)18-10-9-15-8-6-5-7-13(15)2/h5-8,14H,4,9-12H2,1-3H3,(H,18,22)(H,20,21). The fourth-order valence-electron chi connectivity index (χ4n) is 2.40. The van der Waals surface area contributed by atoms with Crippen LogP contribution in [0.3, 0.4) is 0 Å². The maximum atomic E-state index is 12.2. The summed E-state index contributed by atoms with van der Waals surface area (Å²) in [6.07, 6.45) is 1.59. The summed E-state index contributed by atoms with van der Waals surface area (Å²) in [5.41, 5.74) is 2.43. The lowest BCUT2D eigenvalue weighted by Crippen LogP contribution is -2.47. The van der Waals surface area contributed by atoms with E-state index in [1.807, 2.05) is 19.1 Å². The zero-order valence-electron chi connectivity index (χ0n) is 13.6. The number of rotatable bonds is 9. The third kappa shape index (κ3) is 5.85. The van der Waals surface area contributed by atoms with Crippen LogP contribution < -0.4 is 5.32 Å². The number of carboxylic acid groups (broad SMARTS) is 1. The van der Waals surface area contributed by atoms with Gasteiger partial charge >= 0.3 is 5.97 Å². The highest BCUT2D eigenvalue weighted by molar-refractivity contribution is 5.82. The minimum atomic E-state index is -0.909. The lowest BCUT2D eigenvalue weighted by molar-refractivity contribution is -0.139. The van der Waals surface area contributed by atoms with E-state index in [1.54, 1.807) is 11.8 Å². The Balaban J connectivity index is 2.49. The van der Waals surface area contributed by atoms with E-state index in [2.05, 4.69) is 24.4 Å². The fourth-order valence-corrected chi connectivity index (χ4v) is 2.40. The minimum absolute atomic E-state index is 0.111. The van der Waals surface area contributed by atoms with E-state index in [0.29, 0.717) is 13.1 Å². The van der Waals surface area contributed by atoms with Crippen molar-refractivity contribution in [2.75, 3.05) is 19.6 Å². The lowest BCUT2D eigenvalue weighted by atomic mass is 10.1. The van der Waals surface area contributed by atoms with E-state index in [-0.39, 0.29) is 12.5 Å². The van der Waals surface area contributed by atoms with Crippen molar-refractivity contribution in [2.45, 2.75) is 39.7 Å². The van der Waals surface area contributed by atoms with Crippen LogP contribution in [0.2, 0.25) is 0 Å². The molecule has 0 radical (unpaired) electrons. The highest BCUT2D eigenvalue weighted by atomic mass is 16.4. The molecule has 1 rings (SSSR count). The Hall–Kier alpha value is -1.88. The number of amides is 1. The number of benzene rings is 1. The van der Waals surface area contributed by atoms with Gasteiger partial charge in [-0.25, -0.2) is 0 Å². The Bertz CT molecular complexity index is 502. The van der Waals surface area contributed by atoms with Crippen LogP contribution in [0.4, 0.5) is 0 Å². The zero-order chi connectivity index (χ0) is 16.5. The van der Waals surface area contributed by atoms with Gasteiger partial charge in [-0.2, -0.15) is 0 Å². The average Bonchev–Trinajstić information content (AvgIpc) is 2.47. The third-order valence-electron chi connectivity index (χ3n) is 3.73. The van der Waals surface area contributed by atoms with Crippen LogP contribution in [-0.2, 0) is 16.0 Å². The quantitative estimate of drug-likeness (QED) is 0.730. The summed E-state index contributed by atoms with van der Waals surface area (Å²) in [7, 11) is 0. The van der Waals surface area contributed by atoms with Gasteiger partial charge in [0.2, 0.25) is 5.91 Å². The SMILES string of the molecule is CCCN(CC(=O)O)C(C)C(=O)NCCc1ccccc1C. The zero-order valence-corrected chi connectivity index (χ0v) is 13.6. The number of carboxylic acids is 1. The van der Waals surface area contributed by atoms with E-state index < -0.39 is 12.0 Å². The largest absolute Gasteiger partial charge is 0.480 e. The van der Waals surface area contributed by atoms with Gasteiger partial charge in [0.25, 0.3) is 0 Å². The number of hydrogen-bond acceptors (Lipinski definition) is 3. The third-order valence-corrected chi connectivity index (χ3v) is 3.73. The summed E-state index contributed by atoms with van der Waals surface area (Å²) < 4.78 is 0. The molecule has 0 aliphatic rings. The van der Waals surface area contributed by atoms with Crippen molar-refractivity contribution in [2.24, 2.45) is 0 Å². The van der Waals surface area contributed by atoms with E-state index in [0.717, 1.165) is 12.8 Å². The monoisotopic (exact) mass is 306 g/mol. The second kappa shape index (κ2) is 9.20. The molecular formula is C17H26N2O3. The molecule has 0 aliphatic carbocycles. The highest BCUT2D eigenvalue weighted by Gasteiger charge is 2.22. The van der Waals surface area contributed by atoms with E-state index in [4.69, 9.17) is 5.11 Å². The molecule has 122 valence electrons. The summed E-state index contributed by atoms with van der Waals surface area (Å²) in [4.78, 5) is 24.7. The molecule has 2 N–H and O–H groups in total. The molecular weight excluding hydrogens is 280 g/mol. The van der Waals surface area contributed by atoms with Crippen LogP contribution in [0.1, 0.15) is 31.4 Å². The van der Waals surface area contributed by atoms with Crippen LogP contribution in [0.5, 0.6) is 0 Å². The molecule has 0 aromatic heterocycles. The predicted molar refractivity (Wildman–Crippen MR) is 86.9 cm³/mol. The highest BCUT2D eigenvalue weighted by Crippen LogP contribution is 2.07. The molecule has 1 aromatic carbocycles. The Kier molecular flexibility index (Phi) is 7.60. The lowest BCUT2D eigenvalue weighted by Gasteiger charge is -2.26. The van der Waals surface area contributed by atoms with Gasteiger partial charge in [-0.05, 0) is 44.4 Å². The Morgan fingerprint density at radius 2 is 2.00 bits per heavy atom. The van der Waals surface area contributed by atoms with Gasteiger partial charge in [-0.1, -0.05) is 31.2 Å². The first-order valence-corrected chi connectivity index (χ1v) is 7.73. The second-order valence-corrected chi connectivity index (χ2v) is 5.51. The van der Waals surface area contributed by atoms with Crippen LogP contribution >= 0.6 is 0 Å². The van der Waals surface area contributed by atoms with Crippen LogP contribution in [-0.4, -0.2) is 47.6 Å². The van der Waals surface area contributed by atoms with Gasteiger partial charge in [0.1, 0.15) is 0 Å². The molecule has 5 heteroatoms. The summed E-state index contributed by atoms with van der Waals surface area (Å²) in [6.45, 7) is 6.81. The molecule has 1 atom stereocenters. The van der Waals surface area contributed by atoms with Crippen molar-refractivity contribution < 1.29 is 14.7 Å². The van der Waals surface area contributed by atoms with Gasteiger partial charge in [0.05, 0.1) is 12.6 Å². The predicted octanol–water partition coefficient (Wildman–Crippen LogP) is 1.84. The molecule has 1 amide bonds. The Morgan fingerprint density at radius 3 is 2.59 bits per heavy atom. The molecule has 22 heavy (non-hydrogen) atoms. The van der Waals surface area contributed by atoms with Gasteiger partial charge in [-0.15, -0.1) is 0 Å². The summed E-state index contributed by atoms with van der Waals surface area (Å²) in [6, 6.07) is 7.65. The van der Waals surface area contributed by atoms with Crippen molar-refractivity contribution >= 4 is 11.9 Å². The molecule has 1 aromatic rings. The number of carbonyl (C=O) groups excluding carboxylic acids is 1. The number of nitrogens with zero attached hydrogens (tertiary/aromatic N) is 1. The van der Waals surface area contributed by atoms with Gasteiger partial charge in [0, 0.05) is 6.54 Å². The topological polar surface area (TPSA) is 69.6 Å². The molecule has 0 saturated carbocycles. The Labute approximate surface area is 132 Å². The molecule has 0 spiro atoms. The van der Waals surface area contributed by atoms with E-state index >= 15 is 0 Å². The maximum absolute atomic E-state index is 12.2. The van der Waals surface area contributed by atoms with Crippen molar-refractivity contribution in [3.8, 4) is 0 Å². The van der Waals surface area contributed by atoms with Crippen molar-refractivity contribution in [1.29, 1.82) is 0 Å². The molecule has 0 bridgehead atoms. The van der Waals surface area contributed by atoms with Gasteiger partial charge in [-0.3, -0.25) is 14.5 Å². The molecule has 5 nitrogen and oxygen atoms in total. The first-order valence-electron chi connectivity index (χ1n) is 7.73. The van der Waals surface area contributed by atoms with E-state index in [1.165, 1.54) is 11.1 Å². The van der Waals surface area contributed by atoms with Crippen LogP contribution in [0.15, 0.2) is 24.3 Å². The maximum Gasteiger partial charge on any atom is 0.317 e. The second-order valence-electron chi connectivity index (χ2n) is 5.51. The first kappa shape index (κ1) is 18.2. The number of aliphatic carboxylic acids is 1. The number of aryl methyl sites for hydroxylation is 1. The summed E-state index contributed by atoms with van der Waals surface area (Å²) in [5, 5.41) is 11.8. The normalized spacial score (nSPS) is 12.2.